The summed E-state index contributed by atoms with van der Waals surface area (Å²) in [6.45, 7) is 10.4. The second-order valence-corrected chi connectivity index (χ2v) is 21.4. The van der Waals surface area contributed by atoms with Gasteiger partial charge in [-0.1, -0.05) is 36.0 Å². The summed E-state index contributed by atoms with van der Waals surface area (Å²) in [7, 11) is 0.441. The van der Waals surface area contributed by atoms with Crippen LogP contribution in [-0.4, -0.2) is 23.1 Å². The highest BCUT2D eigenvalue weighted by Crippen LogP contribution is 2.89. The van der Waals surface area contributed by atoms with Gasteiger partial charge in [0.25, 0.3) is 0 Å². The summed E-state index contributed by atoms with van der Waals surface area (Å²) in [5.74, 6) is 6.85. The highest BCUT2D eigenvalue weighted by atomic mass is 32.1. The van der Waals surface area contributed by atoms with Gasteiger partial charge in [0.1, 0.15) is 0 Å². The van der Waals surface area contributed by atoms with E-state index >= 15 is 0 Å². The first kappa shape index (κ1) is 19.5. The molecule has 0 nitrogen and oxygen atoms in total. The Labute approximate surface area is 177 Å². The quantitative estimate of drug-likeness (QED) is 0.402. The van der Waals surface area contributed by atoms with Gasteiger partial charge in [-0.3, -0.25) is 0 Å². The minimum absolute atomic E-state index is 0.211. The van der Waals surface area contributed by atoms with E-state index in [0.29, 0.717) is 5.41 Å². The van der Waals surface area contributed by atoms with E-state index in [4.69, 9.17) is 0 Å². The molecule has 0 aromatic rings. The molecule has 8 bridgehead atoms. The minimum atomic E-state index is 0.211. The van der Waals surface area contributed by atoms with Gasteiger partial charge in [-0.25, -0.2) is 0 Å². The minimum Gasteiger partial charge on any atom is -0.0825 e. The lowest BCUT2D eigenvalue weighted by atomic mass is 9.55. The van der Waals surface area contributed by atoms with Crippen molar-refractivity contribution in [3.8, 4) is 0 Å². The second-order valence-electron chi connectivity index (χ2n) is 14.0. The Kier molecular flexibility index (Phi) is 4.49. The monoisotopic (exact) mass is 418 g/mol. The predicted molar refractivity (Wildman–Crippen MR) is 126 cm³/mol. The molecule has 0 aromatic heterocycles. The van der Waals surface area contributed by atoms with E-state index in [1.807, 2.05) is 0 Å². The Bertz CT molecular complexity index is 514. The molecule has 8 aliphatic carbocycles. The Hall–Kier alpha value is 0.860. The van der Waals surface area contributed by atoms with E-state index < -0.39 is 0 Å². The maximum absolute atomic E-state index is 2.82. The van der Waals surface area contributed by atoms with Crippen molar-refractivity contribution in [3.05, 3.63) is 0 Å². The van der Waals surface area contributed by atoms with Crippen LogP contribution in [0.3, 0.4) is 0 Å². The zero-order valence-electron chi connectivity index (χ0n) is 19.1. The lowest BCUT2D eigenvalue weighted by molar-refractivity contribution is 0.0201. The summed E-state index contributed by atoms with van der Waals surface area (Å²) in [6.07, 6.45) is 21.4. The van der Waals surface area contributed by atoms with Crippen molar-refractivity contribution < 1.29 is 0 Å². The van der Waals surface area contributed by atoms with Crippen molar-refractivity contribution in [1.29, 1.82) is 0 Å². The Morgan fingerprint density at radius 3 is 1.14 bits per heavy atom. The first-order chi connectivity index (χ1) is 13.2. The molecule has 2 heteroatoms. The van der Waals surface area contributed by atoms with Crippen LogP contribution in [0, 0.1) is 40.9 Å². The molecular formula is C26H44P2. The van der Waals surface area contributed by atoms with E-state index in [2.05, 4.69) is 27.4 Å². The molecular weight excluding hydrogens is 374 g/mol. The first-order valence-corrected chi connectivity index (χ1v) is 16.8. The fourth-order valence-corrected chi connectivity index (χ4v) is 24.7. The van der Waals surface area contributed by atoms with Crippen LogP contribution in [0.1, 0.15) is 97.8 Å². The third-order valence-corrected chi connectivity index (χ3v) is 20.0. The van der Waals surface area contributed by atoms with E-state index in [-0.39, 0.29) is 15.2 Å². The molecule has 0 aliphatic heterocycles. The van der Waals surface area contributed by atoms with E-state index in [1.54, 1.807) is 83.2 Å². The lowest BCUT2D eigenvalue weighted by Gasteiger charge is -2.68. The smallest absolute Gasteiger partial charge is 0.00430 e. The Morgan fingerprint density at radius 2 is 0.893 bits per heavy atom. The molecule has 8 saturated carbocycles. The summed E-state index contributed by atoms with van der Waals surface area (Å²) < 4.78 is 0. The van der Waals surface area contributed by atoms with Crippen molar-refractivity contribution >= 4 is 15.2 Å². The zero-order valence-corrected chi connectivity index (χ0v) is 20.8. The number of hydrogen-bond donors (Lipinski definition) is 0. The average molecular weight is 419 g/mol. The third kappa shape index (κ3) is 3.12. The van der Waals surface area contributed by atoms with Gasteiger partial charge < -0.3 is 0 Å². The third-order valence-electron chi connectivity index (χ3n) is 9.96. The summed E-state index contributed by atoms with van der Waals surface area (Å²) in [5.41, 5.74) is 0.533. The molecule has 0 spiro atoms. The van der Waals surface area contributed by atoms with Crippen molar-refractivity contribution in [2.75, 3.05) is 12.8 Å². The normalized spacial score (nSPS) is 53.6. The van der Waals surface area contributed by atoms with Gasteiger partial charge in [-0.2, -0.15) is 0 Å². The summed E-state index contributed by atoms with van der Waals surface area (Å²) in [4.78, 5) is 0. The molecule has 8 fully saturated rings. The van der Waals surface area contributed by atoms with Crippen LogP contribution in [0.4, 0.5) is 0 Å². The maximum atomic E-state index is 2.82. The largest absolute Gasteiger partial charge is 0.0825 e. The van der Waals surface area contributed by atoms with Crippen LogP contribution in [0.15, 0.2) is 0 Å². The fraction of sp³-hybridized carbons (Fsp3) is 1.00. The van der Waals surface area contributed by atoms with Gasteiger partial charge in [0, 0.05) is 0 Å². The van der Waals surface area contributed by atoms with Crippen LogP contribution in [0.25, 0.3) is 0 Å². The first-order valence-electron chi connectivity index (χ1n) is 12.7. The van der Waals surface area contributed by atoms with Crippen LogP contribution in [0.2, 0.25) is 0 Å². The Morgan fingerprint density at radius 1 is 0.607 bits per heavy atom. The maximum Gasteiger partial charge on any atom is -0.00430 e. The number of hydrogen-bond acceptors (Lipinski definition) is 0. The standard InChI is InChI=1S/C26H44P2/c1-24(2,3)17-27(4)28(25-11-18-5-19(12-25)7-20(6-18)13-25)26-14-21-8-22(15-26)10-23(9-21)16-26/h18-23H,5-17H2,1-4H3. The summed E-state index contributed by atoms with van der Waals surface area (Å²) in [6, 6.07) is 0. The van der Waals surface area contributed by atoms with Crippen molar-refractivity contribution in [3.63, 3.8) is 0 Å². The zero-order chi connectivity index (χ0) is 19.3. The van der Waals surface area contributed by atoms with Gasteiger partial charge in [-0.05, 0) is 141 Å². The molecule has 0 heterocycles. The van der Waals surface area contributed by atoms with Gasteiger partial charge in [0.2, 0.25) is 0 Å². The Balaban J connectivity index is 1.40. The highest BCUT2D eigenvalue weighted by molar-refractivity contribution is 8.30. The molecule has 0 saturated heterocycles. The molecule has 0 radical (unpaired) electrons. The summed E-state index contributed by atoms with van der Waals surface area (Å²) >= 11 is 0. The van der Waals surface area contributed by atoms with Crippen LogP contribution < -0.4 is 0 Å². The topological polar surface area (TPSA) is 0 Å². The van der Waals surface area contributed by atoms with Gasteiger partial charge in [0.15, 0.2) is 0 Å². The lowest BCUT2D eigenvalue weighted by Crippen LogP contribution is -2.56. The van der Waals surface area contributed by atoms with Gasteiger partial charge >= 0.3 is 0 Å². The number of rotatable bonds is 4. The predicted octanol–water partition coefficient (Wildman–Crippen LogP) is 8.48. The molecule has 0 N–H and O–H groups in total. The summed E-state index contributed by atoms with van der Waals surface area (Å²) in [5, 5.41) is 1.70. The van der Waals surface area contributed by atoms with Gasteiger partial charge in [0.05, 0.1) is 0 Å². The van der Waals surface area contributed by atoms with E-state index in [9.17, 15) is 0 Å². The molecule has 8 aliphatic rings. The van der Waals surface area contributed by atoms with Crippen LogP contribution >= 0.6 is 15.2 Å². The molecule has 0 aromatic carbocycles. The van der Waals surface area contributed by atoms with Crippen molar-refractivity contribution in [1.82, 2.24) is 0 Å². The fourth-order valence-electron chi connectivity index (χ4n) is 10.6. The molecule has 8 rings (SSSR count). The van der Waals surface area contributed by atoms with Crippen LogP contribution in [0.5, 0.6) is 0 Å². The van der Waals surface area contributed by atoms with Gasteiger partial charge in [-0.15, -0.1) is 0 Å². The SMILES string of the molecule is CP(CC(C)(C)C)P(C12CC3CC(CC(C3)C1)C2)C12CC3CC(CC(C3)C1)C2. The van der Waals surface area contributed by atoms with Crippen molar-refractivity contribution in [2.24, 2.45) is 40.9 Å². The van der Waals surface area contributed by atoms with E-state index in [1.165, 1.54) is 0 Å². The van der Waals surface area contributed by atoms with Crippen molar-refractivity contribution in [2.45, 2.75) is 108 Å². The molecule has 1 unspecified atom stereocenters. The van der Waals surface area contributed by atoms with Crippen LogP contribution in [-0.2, 0) is 0 Å². The average Bonchev–Trinajstić information content (AvgIpc) is 2.49. The second kappa shape index (κ2) is 6.44. The van der Waals surface area contributed by atoms with E-state index in [0.717, 1.165) is 45.8 Å². The molecule has 28 heavy (non-hydrogen) atoms. The molecule has 0 amide bonds. The molecule has 158 valence electrons. The highest BCUT2D eigenvalue weighted by Gasteiger charge is 2.63. The molecule has 1 atom stereocenters.